The Morgan fingerprint density at radius 2 is 2.00 bits per heavy atom. The van der Waals surface area contributed by atoms with E-state index in [1.807, 2.05) is 39.0 Å². The second-order valence-electron chi connectivity index (χ2n) is 3.78. The third-order valence-corrected chi connectivity index (χ3v) is 2.60. The zero-order valence-corrected chi connectivity index (χ0v) is 10.1. The van der Waals surface area contributed by atoms with E-state index in [9.17, 15) is 4.79 Å². The SMILES string of the molecule is CC.Cc1cccc(N2CC(C(=O)O)C2)c1. The zero-order valence-electron chi connectivity index (χ0n) is 10.1. The lowest BCUT2D eigenvalue weighted by atomic mass is 9.99. The third-order valence-electron chi connectivity index (χ3n) is 2.60. The Balaban J connectivity index is 0.000000606. The molecule has 0 bridgehead atoms. The first-order valence-electron chi connectivity index (χ1n) is 5.71. The maximum atomic E-state index is 10.6. The molecular formula is C13H19NO2. The number of aliphatic carboxylic acids is 1. The molecule has 88 valence electrons. The lowest BCUT2D eigenvalue weighted by Crippen LogP contribution is -2.50. The molecule has 0 spiro atoms. The summed E-state index contributed by atoms with van der Waals surface area (Å²) >= 11 is 0. The van der Waals surface area contributed by atoms with Gasteiger partial charge in [-0.1, -0.05) is 26.0 Å². The first kappa shape index (κ1) is 12.6. The molecule has 0 aromatic heterocycles. The average molecular weight is 221 g/mol. The van der Waals surface area contributed by atoms with E-state index in [2.05, 4.69) is 11.0 Å². The molecule has 0 atom stereocenters. The molecule has 1 aliphatic rings. The molecule has 1 N–H and O–H groups in total. The molecular weight excluding hydrogens is 202 g/mol. The predicted octanol–water partition coefficient (Wildman–Crippen LogP) is 2.54. The zero-order chi connectivity index (χ0) is 12.1. The van der Waals surface area contributed by atoms with Gasteiger partial charge in [-0.15, -0.1) is 0 Å². The molecule has 0 saturated carbocycles. The number of carboxylic acids is 1. The Morgan fingerprint density at radius 1 is 1.38 bits per heavy atom. The number of carbonyl (C=O) groups is 1. The lowest BCUT2D eigenvalue weighted by Gasteiger charge is -2.38. The normalized spacial score (nSPS) is 14.8. The summed E-state index contributed by atoms with van der Waals surface area (Å²) in [4.78, 5) is 12.7. The summed E-state index contributed by atoms with van der Waals surface area (Å²) in [5.41, 5.74) is 2.34. The fourth-order valence-corrected chi connectivity index (χ4v) is 1.67. The van der Waals surface area contributed by atoms with Crippen molar-refractivity contribution in [3.05, 3.63) is 29.8 Å². The molecule has 0 unspecified atom stereocenters. The van der Waals surface area contributed by atoms with Gasteiger partial charge in [0.25, 0.3) is 0 Å². The van der Waals surface area contributed by atoms with E-state index in [1.54, 1.807) is 0 Å². The van der Waals surface area contributed by atoms with Crippen molar-refractivity contribution in [2.75, 3.05) is 18.0 Å². The van der Waals surface area contributed by atoms with Crippen LogP contribution in [-0.2, 0) is 4.79 Å². The number of benzene rings is 1. The van der Waals surface area contributed by atoms with Crippen LogP contribution in [0.15, 0.2) is 24.3 Å². The molecule has 1 saturated heterocycles. The third kappa shape index (κ3) is 2.75. The van der Waals surface area contributed by atoms with Gasteiger partial charge in [-0.3, -0.25) is 4.79 Å². The van der Waals surface area contributed by atoms with Crippen LogP contribution in [0.5, 0.6) is 0 Å². The number of rotatable bonds is 2. The van der Waals surface area contributed by atoms with Gasteiger partial charge in [-0.05, 0) is 24.6 Å². The van der Waals surface area contributed by atoms with Crippen LogP contribution in [0, 0.1) is 12.8 Å². The summed E-state index contributed by atoms with van der Waals surface area (Å²) in [6.07, 6.45) is 0. The summed E-state index contributed by atoms with van der Waals surface area (Å²) in [7, 11) is 0. The Hall–Kier alpha value is -1.51. The summed E-state index contributed by atoms with van der Waals surface area (Å²) in [5, 5.41) is 8.73. The Kier molecular flexibility index (Phi) is 4.35. The molecule has 1 aliphatic heterocycles. The summed E-state index contributed by atoms with van der Waals surface area (Å²) in [6.45, 7) is 7.32. The van der Waals surface area contributed by atoms with Crippen molar-refractivity contribution < 1.29 is 9.90 Å². The van der Waals surface area contributed by atoms with Crippen LogP contribution in [0.4, 0.5) is 5.69 Å². The highest BCUT2D eigenvalue weighted by Gasteiger charge is 2.32. The fourth-order valence-electron chi connectivity index (χ4n) is 1.67. The number of carboxylic acid groups (broad SMARTS) is 1. The van der Waals surface area contributed by atoms with Gasteiger partial charge < -0.3 is 10.0 Å². The van der Waals surface area contributed by atoms with E-state index >= 15 is 0 Å². The molecule has 3 heteroatoms. The standard InChI is InChI=1S/C11H13NO2.C2H6/c1-8-3-2-4-10(5-8)12-6-9(7-12)11(13)14;1-2/h2-5,9H,6-7H2,1H3,(H,13,14);1-2H3. The van der Waals surface area contributed by atoms with E-state index in [-0.39, 0.29) is 5.92 Å². The van der Waals surface area contributed by atoms with E-state index in [0.717, 1.165) is 5.69 Å². The number of nitrogens with zero attached hydrogens (tertiary/aromatic N) is 1. The van der Waals surface area contributed by atoms with Crippen molar-refractivity contribution in [1.29, 1.82) is 0 Å². The molecule has 1 aromatic rings. The van der Waals surface area contributed by atoms with E-state index in [0.29, 0.717) is 13.1 Å². The van der Waals surface area contributed by atoms with Crippen molar-refractivity contribution in [3.8, 4) is 0 Å². The summed E-state index contributed by atoms with van der Waals surface area (Å²) < 4.78 is 0. The molecule has 1 aromatic carbocycles. The quantitative estimate of drug-likeness (QED) is 0.834. The molecule has 0 aliphatic carbocycles. The molecule has 0 radical (unpaired) electrons. The average Bonchev–Trinajstić information content (AvgIpc) is 2.18. The lowest BCUT2D eigenvalue weighted by molar-refractivity contribution is -0.142. The van der Waals surface area contributed by atoms with E-state index in [1.165, 1.54) is 5.56 Å². The maximum Gasteiger partial charge on any atom is 0.310 e. The van der Waals surface area contributed by atoms with Crippen LogP contribution in [0.2, 0.25) is 0 Å². The Bertz CT molecular complexity index is 357. The van der Waals surface area contributed by atoms with Crippen LogP contribution in [0.3, 0.4) is 0 Å². The van der Waals surface area contributed by atoms with Gasteiger partial charge in [0.2, 0.25) is 0 Å². The highest BCUT2D eigenvalue weighted by atomic mass is 16.4. The van der Waals surface area contributed by atoms with Gasteiger partial charge in [0.05, 0.1) is 5.92 Å². The molecule has 2 rings (SSSR count). The summed E-state index contributed by atoms with van der Waals surface area (Å²) in [6, 6.07) is 8.14. The maximum absolute atomic E-state index is 10.6. The molecule has 16 heavy (non-hydrogen) atoms. The van der Waals surface area contributed by atoms with Crippen molar-refractivity contribution in [2.45, 2.75) is 20.8 Å². The van der Waals surface area contributed by atoms with Gasteiger partial charge in [-0.2, -0.15) is 0 Å². The second-order valence-corrected chi connectivity index (χ2v) is 3.78. The monoisotopic (exact) mass is 221 g/mol. The van der Waals surface area contributed by atoms with Crippen LogP contribution in [0.1, 0.15) is 19.4 Å². The largest absolute Gasteiger partial charge is 0.481 e. The van der Waals surface area contributed by atoms with Crippen molar-refractivity contribution in [2.24, 2.45) is 5.92 Å². The Morgan fingerprint density at radius 3 is 2.50 bits per heavy atom. The van der Waals surface area contributed by atoms with E-state index in [4.69, 9.17) is 5.11 Å². The van der Waals surface area contributed by atoms with Gasteiger partial charge in [0, 0.05) is 18.8 Å². The smallest absolute Gasteiger partial charge is 0.310 e. The second kappa shape index (κ2) is 5.54. The number of hydrogen-bond donors (Lipinski definition) is 1. The minimum absolute atomic E-state index is 0.185. The topological polar surface area (TPSA) is 40.5 Å². The fraction of sp³-hybridized carbons (Fsp3) is 0.462. The first-order chi connectivity index (χ1) is 7.66. The van der Waals surface area contributed by atoms with Crippen molar-refractivity contribution in [3.63, 3.8) is 0 Å². The molecule has 0 amide bonds. The highest BCUT2D eigenvalue weighted by molar-refractivity contribution is 5.74. The van der Waals surface area contributed by atoms with Crippen LogP contribution >= 0.6 is 0 Å². The van der Waals surface area contributed by atoms with Gasteiger partial charge >= 0.3 is 5.97 Å². The highest BCUT2D eigenvalue weighted by Crippen LogP contribution is 2.25. The van der Waals surface area contributed by atoms with E-state index < -0.39 is 5.97 Å². The number of aryl methyl sites for hydroxylation is 1. The van der Waals surface area contributed by atoms with Crippen LogP contribution < -0.4 is 4.90 Å². The van der Waals surface area contributed by atoms with Gasteiger partial charge in [-0.25, -0.2) is 0 Å². The minimum Gasteiger partial charge on any atom is -0.481 e. The number of hydrogen-bond acceptors (Lipinski definition) is 2. The van der Waals surface area contributed by atoms with Crippen LogP contribution in [0.25, 0.3) is 0 Å². The number of anilines is 1. The first-order valence-corrected chi connectivity index (χ1v) is 5.71. The molecule has 3 nitrogen and oxygen atoms in total. The summed E-state index contributed by atoms with van der Waals surface area (Å²) in [5.74, 6) is -0.871. The van der Waals surface area contributed by atoms with Crippen LogP contribution in [-0.4, -0.2) is 24.2 Å². The van der Waals surface area contributed by atoms with Gasteiger partial charge in [0.1, 0.15) is 0 Å². The van der Waals surface area contributed by atoms with Crippen molar-refractivity contribution in [1.82, 2.24) is 0 Å². The van der Waals surface area contributed by atoms with Crippen molar-refractivity contribution >= 4 is 11.7 Å². The van der Waals surface area contributed by atoms with Gasteiger partial charge in [0.15, 0.2) is 0 Å². The minimum atomic E-state index is -0.686. The molecule has 1 fully saturated rings. The Labute approximate surface area is 96.7 Å². The molecule has 1 heterocycles. The predicted molar refractivity (Wildman–Crippen MR) is 65.9 cm³/mol.